The molecular weight excluding hydrogens is 370 g/mol. The van der Waals surface area contributed by atoms with Crippen molar-refractivity contribution in [2.45, 2.75) is 6.54 Å². The van der Waals surface area contributed by atoms with Crippen molar-refractivity contribution in [3.8, 4) is 11.8 Å². The highest BCUT2D eigenvalue weighted by molar-refractivity contribution is 7.07. The van der Waals surface area contributed by atoms with Crippen molar-refractivity contribution < 1.29 is 9.53 Å². The van der Waals surface area contributed by atoms with Gasteiger partial charge >= 0.3 is 0 Å². The number of hydrogen-bond donors (Lipinski definition) is 0. The Kier molecular flexibility index (Phi) is 5.84. The maximum atomic E-state index is 12.1. The van der Waals surface area contributed by atoms with E-state index in [0.29, 0.717) is 27.7 Å². The summed E-state index contributed by atoms with van der Waals surface area (Å²) in [4.78, 5) is 16.8. The van der Waals surface area contributed by atoms with Crippen LogP contribution in [0.3, 0.4) is 0 Å². The lowest BCUT2D eigenvalue weighted by Crippen LogP contribution is -2.19. The molecule has 1 aromatic heterocycles. The second kappa shape index (κ2) is 8.48. The smallest absolute Gasteiger partial charge is 0.286 e. The van der Waals surface area contributed by atoms with Gasteiger partial charge in [0, 0.05) is 16.6 Å². The average molecular weight is 384 g/mol. The Bertz CT molecular complexity index is 1020. The van der Waals surface area contributed by atoms with Gasteiger partial charge in [0.05, 0.1) is 18.2 Å². The Hall–Kier alpha value is -2.88. The number of benzene rings is 2. The minimum Gasteiger partial charge on any atom is -0.484 e. The third kappa shape index (κ3) is 4.60. The first kappa shape index (κ1) is 17.9. The third-order valence-electron chi connectivity index (χ3n) is 3.52. The summed E-state index contributed by atoms with van der Waals surface area (Å²) in [5, 5.41) is 11.3. The molecule has 3 aromatic rings. The zero-order chi connectivity index (χ0) is 18.4. The first-order chi connectivity index (χ1) is 12.7. The molecule has 3 rings (SSSR count). The molecule has 130 valence electrons. The SMILES string of the molecule is N#Cc1ccc(OCC(=O)N=c2sccn2Cc2ccccc2Cl)cc1. The number of hydrogen-bond acceptors (Lipinski definition) is 4. The van der Waals surface area contributed by atoms with Crippen LogP contribution in [0.5, 0.6) is 5.75 Å². The van der Waals surface area contributed by atoms with Crippen molar-refractivity contribution in [3.63, 3.8) is 0 Å². The molecule has 26 heavy (non-hydrogen) atoms. The Morgan fingerprint density at radius 2 is 2.00 bits per heavy atom. The number of thiazole rings is 1. The van der Waals surface area contributed by atoms with Gasteiger partial charge in [0.2, 0.25) is 0 Å². The first-order valence-corrected chi connectivity index (χ1v) is 8.99. The van der Waals surface area contributed by atoms with Gasteiger partial charge in [-0.05, 0) is 35.9 Å². The van der Waals surface area contributed by atoms with Crippen LogP contribution in [0.15, 0.2) is 65.1 Å². The fourth-order valence-electron chi connectivity index (χ4n) is 2.23. The zero-order valence-corrected chi connectivity index (χ0v) is 15.2. The summed E-state index contributed by atoms with van der Waals surface area (Å²) in [5.41, 5.74) is 1.49. The molecule has 0 saturated carbocycles. The maximum absolute atomic E-state index is 12.1. The van der Waals surface area contributed by atoms with Crippen LogP contribution in [0.2, 0.25) is 5.02 Å². The molecule has 0 aliphatic carbocycles. The number of nitriles is 1. The number of aromatic nitrogens is 1. The highest BCUT2D eigenvalue weighted by atomic mass is 35.5. The summed E-state index contributed by atoms with van der Waals surface area (Å²) in [6, 6.07) is 16.1. The Morgan fingerprint density at radius 3 is 2.73 bits per heavy atom. The fraction of sp³-hybridized carbons (Fsp3) is 0.105. The van der Waals surface area contributed by atoms with E-state index >= 15 is 0 Å². The summed E-state index contributed by atoms with van der Waals surface area (Å²) in [6.45, 7) is 0.363. The Labute approximate surface area is 159 Å². The van der Waals surface area contributed by atoms with E-state index in [1.165, 1.54) is 11.3 Å². The predicted molar refractivity (Wildman–Crippen MR) is 100 cm³/mol. The van der Waals surface area contributed by atoms with Crippen LogP contribution in [0.1, 0.15) is 11.1 Å². The van der Waals surface area contributed by atoms with E-state index in [4.69, 9.17) is 21.6 Å². The van der Waals surface area contributed by atoms with Crippen LogP contribution in [0, 0.1) is 11.3 Å². The summed E-state index contributed by atoms with van der Waals surface area (Å²) in [7, 11) is 0. The molecule has 1 heterocycles. The van der Waals surface area contributed by atoms with Gasteiger partial charge in [-0.25, -0.2) is 0 Å². The number of carbonyl (C=O) groups excluding carboxylic acids is 1. The molecule has 0 aliphatic heterocycles. The van der Waals surface area contributed by atoms with E-state index in [0.717, 1.165) is 5.56 Å². The third-order valence-corrected chi connectivity index (χ3v) is 4.69. The summed E-state index contributed by atoms with van der Waals surface area (Å²) in [5.74, 6) is 0.132. The normalized spacial score (nSPS) is 11.2. The molecule has 0 fully saturated rings. The highest BCUT2D eigenvalue weighted by Crippen LogP contribution is 2.15. The van der Waals surface area contributed by atoms with Gasteiger partial charge in [0.15, 0.2) is 11.4 Å². The van der Waals surface area contributed by atoms with E-state index in [-0.39, 0.29) is 12.5 Å². The van der Waals surface area contributed by atoms with Crippen LogP contribution in [0.4, 0.5) is 0 Å². The maximum Gasteiger partial charge on any atom is 0.286 e. The standard InChI is InChI=1S/C19H14ClN3O2S/c20-17-4-2-1-3-15(17)12-23-9-10-26-19(23)22-18(24)13-25-16-7-5-14(11-21)6-8-16/h1-10H,12-13H2. The van der Waals surface area contributed by atoms with Crippen LogP contribution < -0.4 is 9.54 Å². The number of halogens is 1. The lowest BCUT2D eigenvalue weighted by molar-refractivity contribution is -0.120. The topological polar surface area (TPSA) is 67.4 Å². The second-order valence-corrected chi connectivity index (χ2v) is 6.62. The minimum absolute atomic E-state index is 0.171. The lowest BCUT2D eigenvalue weighted by atomic mass is 10.2. The largest absolute Gasteiger partial charge is 0.484 e. The van der Waals surface area contributed by atoms with Gasteiger partial charge < -0.3 is 9.30 Å². The van der Waals surface area contributed by atoms with Crippen LogP contribution >= 0.6 is 22.9 Å². The van der Waals surface area contributed by atoms with Crippen molar-refractivity contribution in [1.29, 1.82) is 5.26 Å². The van der Waals surface area contributed by atoms with Gasteiger partial charge in [-0.2, -0.15) is 10.3 Å². The zero-order valence-electron chi connectivity index (χ0n) is 13.6. The number of amides is 1. The molecule has 0 bridgehead atoms. The van der Waals surface area contributed by atoms with E-state index in [1.54, 1.807) is 24.3 Å². The predicted octanol–water partition coefficient (Wildman–Crippen LogP) is 3.63. The summed E-state index contributed by atoms with van der Waals surface area (Å²) >= 11 is 7.56. The molecule has 0 unspecified atom stereocenters. The molecule has 2 aromatic carbocycles. The molecule has 0 N–H and O–H groups in total. The van der Waals surface area contributed by atoms with E-state index in [9.17, 15) is 4.79 Å². The van der Waals surface area contributed by atoms with Crippen molar-refractivity contribution in [2.24, 2.45) is 4.99 Å². The Morgan fingerprint density at radius 1 is 1.23 bits per heavy atom. The number of nitrogens with zero attached hydrogens (tertiary/aromatic N) is 3. The van der Waals surface area contributed by atoms with E-state index in [2.05, 4.69) is 4.99 Å². The van der Waals surface area contributed by atoms with E-state index in [1.807, 2.05) is 46.5 Å². The highest BCUT2D eigenvalue weighted by Gasteiger charge is 2.05. The molecule has 0 atom stereocenters. The van der Waals surface area contributed by atoms with Gasteiger partial charge in [-0.3, -0.25) is 4.79 Å². The fourth-order valence-corrected chi connectivity index (χ4v) is 3.17. The van der Waals surface area contributed by atoms with Crippen LogP contribution in [-0.2, 0) is 11.3 Å². The molecule has 7 heteroatoms. The number of rotatable bonds is 5. The van der Waals surface area contributed by atoms with Gasteiger partial charge in [0.1, 0.15) is 5.75 Å². The monoisotopic (exact) mass is 383 g/mol. The van der Waals surface area contributed by atoms with Crippen molar-refractivity contribution >= 4 is 28.8 Å². The molecule has 0 radical (unpaired) electrons. The molecular formula is C19H14ClN3O2S. The summed E-state index contributed by atoms with van der Waals surface area (Å²) in [6.07, 6.45) is 1.86. The quantitative estimate of drug-likeness (QED) is 0.675. The van der Waals surface area contributed by atoms with Crippen molar-refractivity contribution in [3.05, 3.63) is 81.1 Å². The minimum atomic E-state index is -0.385. The Balaban J connectivity index is 1.68. The van der Waals surface area contributed by atoms with Crippen LogP contribution in [-0.4, -0.2) is 17.1 Å². The van der Waals surface area contributed by atoms with Crippen LogP contribution in [0.25, 0.3) is 0 Å². The number of carbonyl (C=O) groups is 1. The van der Waals surface area contributed by atoms with Gasteiger partial charge in [-0.1, -0.05) is 29.8 Å². The lowest BCUT2D eigenvalue weighted by Gasteiger charge is -2.05. The molecule has 1 amide bonds. The number of ether oxygens (including phenoxy) is 1. The molecule has 0 spiro atoms. The molecule has 0 aliphatic rings. The summed E-state index contributed by atoms with van der Waals surface area (Å²) < 4.78 is 7.28. The molecule has 0 saturated heterocycles. The van der Waals surface area contributed by atoms with Gasteiger partial charge in [-0.15, -0.1) is 11.3 Å². The molecule has 5 nitrogen and oxygen atoms in total. The second-order valence-electron chi connectivity index (χ2n) is 5.34. The van der Waals surface area contributed by atoms with E-state index < -0.39 is 0 Å². The average Bonchev–Trinajstić information content (AvgIpc) is 3.09. The van der Waals surface area contributed by atoms with Crippen molar-refractivity contribution in [2.75, 3.05) is 6.61 Å². The van der Waals surface area contributed by atoms with Gasteiger partial charge in [0.25, 0.3) is 5.91 Å². The first-order valence-electron chi connectivity index (χ1n) is 7.73. The van der Waals surface area contributed by atoms with Crippen molar-refractivity contribution in [1.82, 2.24) is 4.57 Å².